The van der Waals surface area contributed by atoms with Gasteiger partial charge in [-0.1, -0.05) is 48.5 Å². The Morgan fingerprint density at radius 3 is 2.30 bits per heavy atom. The number of benzene rings is 2. The van der Waals surface area contributed by atoms with Crippen molar-refractivity contribution in [3.8, 4) is 0 Å². The van der Waals surface area contributed by atoms with Crippen LogP contribution in [-0.4, -0.2) is 54.7 Å². The molecule has 0 radical (unpaired) electrons. The number of sulfone groups is 1. The van der Waals surface area contributed by atoms with Gasteiger partial charge in [-0.15, -0.1) is 0 Å². The third-order valence-electron chi connectivity index (χ3n) is 6.65. The molecule has 5 rings (SSSR count). The molecule has 172 valence electrons. The van der Waals surface area contributed by atoms with Crippen molar-refractivity contribution >= 4 is 15.8 Å². The summed E-state index contributed by atoms with van der Waals surface area (Å²) < 4.78 is 26.1. The van der Waals surface area contributed by atoms with Crippen LogP contribution in [0, 0.1) is 0 Å². The van der Waals surface area contributed by atoms with Crippen LogP contribution in [-0.2, 0) is 29.2 Å². The maximum absolute atomic E-state index is 13.0. The maximum Gasteiger partial charge on any atom is 0.255 e. The van der Waals surface area contributed by atoms with Crippen LogP contribution >= 0.6 is 0 Å². The number of nitrogens with one attached hydrogen (secondary N) is 1. The number of aryl methyl sites for hydroxylation is 1. The molecule has 0 spiro atoms. The van der Waals surface area contributed by atoms with Crippen LogP contribution in [0.25, 0.3) is 0 Å². The Bertz CT molecular complexity index is 1270. The predicted octanol–water partition coefficient (Wildman–Crippen LogP) is 2.42. The van der Waals surface area contributed by atoms with Crippen LogP contribution < -0.4 is 10.5 Å². The summed E-state index contributed by atoms with van der Waals surface area (Å²) >= 11 is 0. The van der Waals surface area contributed by atoms with E-state index in [2.05, 4.69) is 39.0 Å². The molecule has 33 heavy (non-hydrogen) atoms. The molecule has 2 aliphatic rings. The second-order valence-corrected chi connectivity index (χ2v) is 11.0. The summed E-state index contributed by atoms with van der Waals surface area (Å²) in [6.45, 7) is 4.29. The number of hydrogen-bond acceptors (Lipinski definition) is 6. The summed E-state index contributed by atoms with van der Waals surface area (Å²) in [7, 11) is -3.48. The number of H-pyrrole nitrogens is 1. The fourth-order valence-corrected chi connectivity index (χ4v) is 6.49. The number of fused-ring (bicyclic) bond motifs is 1. The summed E-state index contributed by atoms with van der Waals surface area (Å²) in [5.74, 6) is 0.600. The SMILES string of the molecule is O=c1[nH]c(N2CCN(Cc3ccccc3)CC2)nc2c1CC(S(=O)(=O)c1ccccc1)CC2. The molecule has 1 fully saturated rings. The number of rotatable bonds is 5. The van der Waals surface area contributed by atoms with E-state index in [9.17, 15) is 13.2 Å². The molecular weight excluding hydrogens is 436 g/mol. The molecule has 1 unspecified atom stereocenters. The van der Waals surface area contributed by atoms with E-state index in [-0.39, 0.29) is 12.0 Å². The lowest BCUT2D eigenvalue weighted by molar-refractivity contribution is 0.248. The summed E-state index contributed by atoms with van der Waals surface area (Å²) in [5.41, 5.74) is 2.33. The highest BCUT2D eigenvalue weighted by molar-refractivity contribution is 7.92. The van der Waals surface area contributed by atoms with Crippen molar-refractivity contribution in [3.05, 3.63) is 87.8 Å². The molecule has 2 aromatic carbocycles. The third-order valence-corrected chi connectivity index (χ3v) is 8.86. The lowest BCUT2D eigenvalue weighted by Crippen LogP contribution is -2.47. The molecule has 1 aliphatic heterocycles. The average Bonchev–Trinajstić information content (AvgIpc) is 2.85. The van der Waals surface area contributed by atoms with E-state index in [0.29, 0.717) is 29.2 Å². The van der Waals surface area contributed by atoms with E-state index in [1.54, 1.807) is 30.3 Å². The zero-order valence-electron chi connectivity index (χ0n) is 18.5. The molecule has 1 N–H and O–H groups in total. The maximum atomic E-state index is 13.0. The fraction of sp³-hybridized carbons (Fsp3) is 0.360. The Kier molecular flexibility index (Phi) is 6.03. The summed E-state index contributed by atoms with van der Waals surface area (Å²) in [4.78, 5) is 25.4. The van der Waals surface area contributed by atoms with Crippen molar-refractivity contribution < 1.29 is 8.42 Å². The van der Waals surface area contributed by atoms with Crippen molar-refractivity contribution in [3.63, 3.8) is 0 Å². The van der Waals surface area contributed by atoms with E-state index < -0.39 is 15.1 Å². The smallest absolute Gasteiger partial charge is 0.255 e. The van der Waals surface area contributed by atoms with Gasteiger partial charge in [0, 0.05) is 38.3 Å². The highest BCUT2D eigenvalue weighted by atomic mass is 32.2. The zero-order chi connectivity index (χ0) is 22.8. The van der Waals surface area contributed by atoms with Crippen LogP contribution in [0.4, 0.5) is 5.95 Å². The number of aromatic nitrogens is 2. The van der Waals surface area contributed by atoms with Crippen molar-refractivity contribution in [2.45, 2.75) is 36.0 Å². The summed E-state index contributed by atoms with van der Waals surface area (Å²) in [5, 5.41) is -0.595. The van der Waals surface area contributed by atoms with Gasteiger partial charge in [-0.25, -0.2) is 13.4 Å². The molecular formula is C25H28N4O3S. The molecule has 0 bridgehead atoms. The van der Waals surface area contributed by atoms with Crippen LogP contribution in [0.15, 0.2) is 70.4 Å². The molecule has 1 aromatic heterocycles. The standard InChI is InChI=1S/C25H28N4O3S/c30-24-22-17-21(33(31,32)20-9-5-2-6-10-20)11-12-23(22)26-25(27-24)29-15-13-28(14-16-29)18-19-7-3-1-4-8-19/h1-10,21H,11-18H2,(H,26,27,30). The van der Waals surface area contributed by atoms with Gasteiger partial charge in [0.05, 0.1) is 15.8 Å². The van der Waals surface area contributed by atoms with Gasteiger partial charge >= 0.3 is 0 Å². The Hall–Kier alpha value is -2.97. The molecule has 3 aromatic rings. The number of nitrogens with zero attached hydrogens (tertiary/aromatic N) is 3. The van der Waals surface area contributed by atoms with Gasteiger partial charge in [0.2, 0.25) is 5.95 Å². The first-order chi connectivity index (χ1) is 16.0. The third kappa shape index (κ3) is 4.58. The molecule has 7 nitrogen and oxygen atoms in total. The molecule has 2 heterocycles. The first kappa shape index (κ1) is 21.9. The van der Waals surface area contributed by atoms with Crippen molar-refractivity contribution in [2.75, 3.05) is 31.1 Å². The lowest BCUT2D eigenvalue weighted by Gasteiger charge is -2.35. The second-order valence-electron chi connectivity index (χ2n) is 8.79. The van der Waals surface area contributed by atoms with E-state index in [0.717, 1.165) is 38.4 Å². The van der Waals surface area contributed by atoms with Gasteiger partial charge in [-0.2, -0.15) is 0 Å². The van der Waals surface area contributed by atoms with Crippen molar-refractivity contribution in [2.24, 2.45) is 0 Å². The predicted molar refractivity (Wildman–Crippen MR) is 128 cm³/mol. The molecule has 0 amide bonds. The normalized spacial score (nSPS) is 19.3. The van der Waals surface area contributed by atoms with Gasteiger partial charge in [-0.3, -0.25) is 14.7 Å². The molecule has 1 atom stereocenters. The number of hydrogen-bond donors (Lipinski definition) is 1. The fourth-order valence-electron chi connectivity index (χ4n) is 4.75. The minimum atomic E-state index is -3.48. The van der Waals surface area contributed by atoms with Gasteiger partial charge < -0.3 is 4.90 Å². The first-order valence-corrected chi connectivity index (χ1v) is 13.0. The second kappa shape index (κ2) is 9.11. The minimum Gasteiger partial charge on any atom is -0.340 e. The average molecular weight is 465 g/mol. The van der Waals surface area contributed by atoms with Gasteiger partial charge in [0.1, 0.15) is 0 Å². The van der Waals surface area contributed by atoms with Crippen molar-refractivity contribution in [1.82, 2.24) is 14.9 Å². The van der Waals surface area contributed by atoms with Crippen molar-refractivity contribution in [1.29, 1.82) is 0 Å². The van der Waals surface area contributed by atoms with Gasteiger partial charge in [-0.05, 0) is 37.0 Å². The summed E-state index contributed by atoms with van der Waals surface area (Å²) in [6.07, 6.45) is 1.18. The Morgan fingerprint density at radius 2 is 1.61 bits per heavy atom. The number of anilines is 1. The molecule has 1 saturated heterocycles. The Balaban J connectivity index is 1.28. The van der Waals surface area contributed by atoms with Crippen LogP contribution in [0.3, 0.4) is 0 Å². The number of piperazine rings is 1. The first-order valence-electron chi connectivity index (χ1n) is 11.4. The largest absolute Gasteiger partial charge is 0.340 e. The molecule has 1 aliphatic carbocycles. The topological polar surface area (TPSA) is 86.4 Å². The minimum absolute atomic E-state index is 0.208. The van der Waals surface area contributed by atoms with E-state index in [1.807, 2.05) is 6.07 Å². The quantitative estimate of drug-likeness (QED) is 0.624. The molecule has 8 heteroatoms. The number of aromatic amines is 1. The van der Waals surface area contributed by atoms with E-state index in [4.69, 9.17) is 4.98 Å². The zero-order valence-corrected chi connectivity index (χ0v) is 19.3. The van der Waals surface area contributed by atoms with Crippen LogP contribution in [0.1, 0.15) is 23.2 Å². The van der Waals surface area contributed by atoms with E-state index in [1.165, 1.54) is 5.56 Å². The Labute approximate surface area is 194 Å². The van der Waals surface area contributed by atoms with Gasteiger partial charge in [0.25, 0.3) is 5.56 Å². The lowest BCUT2D eigenvalue weighted by atomic mass is 9.97. The highest BCUT2D eigenvalue weighted by Gasteiger charge is 2.33. The monoisotopic (exact) mass is 464 g/mol. The highest BCUT2D eigenvalue weighted by Crippen LogP contribution is 2.27. The van der Waals surface area contributed by atoms with Crippen LogP contribution in [0.5, 0.6) is 0 Å². The van der Waals surface area contributed by atoms with E-state index >= 15 is 0 Å². The van der Waals surface area contributed by atoms with Crippen LogP contribution in [0.2, 0.25) is 0 Å². The molecule has 0 saturated carbocycles. The van der Waals surface area contributed by atoms with Gasteiger partial charge in [0.15, 0.2) is 9.84 Å². The Morgan fingerprint density at radius 1 is 0.939 bits per heavy atom. The summed E-state index contributed by atoms with van der Waals surface area (Å²) in [6, 6.07) is 18.9.